The molecule has 58 valence electrons. The van der Waals surface area contributed by atoms with Gasteiger partial charge in [-0.25, -0.2) is 0 Å². The van der Waals surface area contributed by atoms with Crippen LogP contribution in [0.25, 0.3) is 0 Å². The van der Waals surface area contributed by atoms with E-state index in [1.54, 1.807) is 0 Å². The van der Waals surface area contributed by atoms with Gasteiger partial charge >= 0.3 is 0 Å². The van der Waals surface area contributed by atoms with Crippen molar-refractivity contribution < 1.29 is 0 Å². The molecule has 0 aromatic heterocycles. The Bertz CT molecular complexity index is 147. The Morgan fingerprint density at radius 2 is 1.70 bits per heavy atom. The molecule has 2 saturated carbocycles. The zero-order valence-electron chi connectivity index (χ0n) is 7.52. The van der Waals surface area contributed by atoms with Crippen LogP contribution in [-0.4, -0.2) is 0 Å². The molecule has 2 rings (SSSR count). The average Bonchev–Trinajstić information content (AvgIpc) is 2.71. The van der Waals surface area contributed by atoms with Crippen molar-refractivity contribution in [2.45, 2.75) is 34.1 Å². The highest BCUT2D eigenvalue weighted by molar-refractivity contribution is 5.20. The van der Waals surface area contributed by atoms with Gasteiger partial charge in [0.2, 0.25) is 0 Å². The molecular weight excluding hydrogens is 120 g/mol. The van der Waals surface area contributed by atoms with Crippen LogP contribution in [0.1, 0.15) is 34.1 Å². The first kappa shape index (κ1) is 6.69. The van der Waals surface area contributed by atoms with E-state index in [0.29, 0.717) is 5.41 Å². The van der Waals surface area contributed by atoms with Crippen LogP contribution in [0.4, 0.5) is 0 Å². The average molecular weight is 138 g/mol. The predicted octanol–water partition coefficient (Wildman–Crippen LogP) is 2.93. The first-order valence-electron chi connectivity index (χ1n) is 4.59. The van der Waals surface area contributed by atoms with Gasteiger partial charge in [-0.2, -0.15) is 0 Å². The van der Waals surface area contributed by atoms with E-state index in [9.17, 15) is 0 Å². The maximum absolute atomic E-state index is 2.43. The molecule has 0 heterocycles. The molecule has 10 heavy (non-hydrogen) atoms. The van der Waals surface area contributed by atoms with Crippen LogP contribution in [0, 0.1) is 29.1 Å². The van der Waals surface area contributed by atoms with Crippen molar-refractivity contribution in [1.29, 1.82) is 0 Å². The summed E-state index contributed by atoms with van der Waals surface area (Å²) in [5.74, 6) is 4.49. The van der Waals surface area contributed by atoms with Gasteiger partial charge in [-0.1, -0.05) is 34.1 Å². The third kappa shape index (κ3) is 0.627. The van der Waals surface area contributed by atoms with Crippen molar-refractivity contribution >= 4 is 0 Å². The number of hydrogen-bond acceptors (Lipinski definition) is 0. The third-order valence-electron chi connectivity index (χ3n) is 4.02. The molecule has 0 aliphatic heterocycles. The molecule has 0 saturated heterocycles. The lowest BCUT2D eigenvalue weighted by Crippen LogP contribution is -2.19. The van der Waals surface area contributed by atoms with E-state index < -0.39 is 0 Å². The molecule has 0 amide bonds. The number of fused-ring (bicyclic) bond motifs is 1. The third-order valence-corrected chi connectivity index (χ3v) is 4.02. The van der Waals surface area contributed by atoms with Crippen LogP contribution in [0.2, 0.25) is 0 Å². The highest BCUT2D eigenvalue weighted by atomic mass is 14.8. The summed E-state index contributed by atoms with van der Waals surface area (Å²) in [6.45, 7) is 9.58. The lowest BCUT2D eigenvalue weighted by molar-refractivity contribution is 0.221. The second-order valence-corrected chi connectivity index (χ2v) is 4.88. The minimum atomic E-state index is 0.655. The van der Waals surface area contributed by atoms with Gasteiger partial charge in [0.25, 0.3) is 0 Å². The summed E-state index contributed by atoms with van der Waals surface area (Å²) >= 11 is 0. The van der Waals surface area contributed by atoms with Gasteiger partial charge in [-0.15, -0.1) is 0 Å². The summed E-state index contributed by atoms with van der Waals surface area (Å²) in [6, 6.07) is 0. The first-order chi connectivity index (χ1) is 4.59. The van der Waals surface area contributed by atoms with Crippen molar-refractivity contribution in [3.8, 4) is 0 Å². The molecule has 0 aromatic rings. The summed E-state index contributed by atoms with van der Waals surface area (Å²) in [7, 11) is 0. The molecule has 0 bridgehead atoms. The molecule has 2 atom stereocenters. The largest absolute Gasteiger partial charge is 0.0649 e. The topological polar surface area (TPSA) is 0 Å². The van der Waals surface area contributed by atoms with Gasteiger partial charge in [0, 0.05) is 0 Å². The smallest absolute Gasteiger partial charge is 0.0295 e. The Kier molecular flexibility index (Phi) is 1.07. The van der Waals surface area contributed by atoms with E-state index >= 15 is 0 Å². The molecule has 0 spiro atoms. The molecule has 0 nitrogen and oxygen atoms in total. The van der Waals surface area contributed by atoms with Crippen LogP contribution in [0.15, 0.2) is 0 Å². The zero-order valence-corrected chi connectivity index (χ0v) is 7.52. The number of rotatable bonds is 2. The Morgan fingerprint density at radius 3 is 2.00 bits per heavy atom. The minimum Gasteiger partial charge on any atom is -0.0649 e. The van der Waals surface area contributed by atoms with Crippen molar-refractivity contribution in [3.63, 3.8) is 0 Å². The molecule has 2 fully saturated rings. The lowest BCUT2D eigenvalue weighted by Gasteiger charge is -2.27. The Balaban J connectivity index is 1.93. The maximum Gasteiger partial charge on any atom is -0.0295 e. The van der Waals surface area contributed by atoms with Crippen molar-refractivity contribution in [2.75, 3.05) is 0 Å². The molecule has 0 aromatic carbocycles. The SMILES string of the molecule is CCC(C)(C)C1C2C(C)C21. The van der Waals surface area contributed by atoms with E-state index in [4.69, 9.17) is 0 Å². The lowest BCUT2D eigenvalue weighted by atomic mass is 9.78. The minimum absolute atomic E-state index is 0.655. The zero-order chi connectivity index (χ0) is 7.52. The van der Waals surface area contributed by atoms with Crippen molar-refractivity contribution in [3.05, 3.63) is 0 Å². The van der Waals surface area contributed by atoms with E-state index in [2.05, 4.69) is 27.7 Å². The van der Waals surface area contributed by atoms with E-state index in [1.807, 2.05) is 0 Å². The Morgan fingerprint density at radius 1 is 1.20 bits per heavy atom. The summed E-state index contributed by atoms with van der Waals surface area (Å²) in [6.07, 6.45) is 1.36. The van der Waals surface area contributed by atoms with E-state index in [-0.39, 0.29) is 0 Å². The highest BCUT2D eigenvalue weighted by Gasteiger charge is 2.73. The van der Waals surface area contributed by atoms with Crippen molar-refractivity contribution in [1.82, 2.24) is 0 Å². The van der Waals surface area contributed by atoms with Gasteiger partial charge in [-0.3, -0.25) is 0 Å². The van der Waals surface area contributed by atoms with Gasteiger partial charge in [0.15, 0.2) is 0 Å². The molecule has 0 N–H and O–H groups in total. The predicted molar refractivity (Wildman–Crippen MR) is 43.7 cm³/mol. The summed E-state index contributed by atoms with van der Waals surface area (Å²) in [5.41, 5.74) is 0.655. The normalized spacial score (nSPS) is 50.4. The van der Waals surface area contributed by atoms with E-state index in [0.717, 1.165) is 23.7 Å². The first-order valence-corrected chi connectivity index (χ1v) is 4.59. The van der Waals surface area contributed by atoms with Gasteiger partial charge < -0.3 is 0 Å². The molecule has 2 aliphatic carbocycles. The number of hydrogen-bond donors (Lipinski definition) is 0. The highest BCUT2D eigenvalue weighted by Crippen LogP contribution is 2.78. The second-order valence-electron chi connectivity index (χ2n) is 4.88. The van der Waals surface area contributed by atoms with Gasteiger partial charge in [0.05, 0.1) is 0 Å². The molecule has 0 heteroatoms. The standard InChI is InChI=1S/C10H18/c1-5-10(3,4)9-7-6(2)8(7)9/h6-9H,5H2,1-4H3. The van der Waals surface area contributed by atoms with Crippen molar-refractivity contribution in [2.24, 2.45) is 29.1 Å². The fourth-order valence-corrected chi connectivity index (χ4v) is 2.67. The second kappa shape index (κ2) is 1.60. The van der Waals surface area contributed by atoms with Crippen LogP contribution < -0.4 is 0 Å². The summed E-state index contributed by atoms with van der Waals surface area (Å²) in [4.78, 5) is 0. The fraction of sp³-hybridized carbons (Fsp3) is 1.00. The summed E-state index contributed by atoms with van der Waals surface area (Å²) in [5, 5.41) is 0. The molecule has 2 aliphatic rings. The fourth-order valence-electron chi connectivity index (χ4n) is 2.67. The van der Waals surface area contributed by atoms with Crippen LogP contribution in [0.5, 0.6) is 0 Å². The van der Waals surface area contributed by atoms with E-state index in [1.165, 1.54) is 6.42 Å². The maximum atomic E-state index is 2.43. The summed E-state index contributed by atoms with van der Waals surface area (Å²) < 4.78 is 0. The molecular formula is C10H18. The Labute approximate surface area is 64.0 Å². The quantitative estimate of drug-likeness (QED) is 0.550. The van der Waals surface area contributed by atoms with Gasteiger partial charge in [-0.05, 0) is 29.1 Å². The molecule has 2 unspecified atom stereocenters. The van der Waals surface area contributed by atoms with Crippen LogP contribution >= 0.6 is 0 Å². The van der Waals surface area contributed by atoms with Crippen LogP contribution in [0.3, 0.4) is 0 Å². The monoisotopic (exact) mass is 138 g/mol. The van der Waals surface area contributed by atoms with Gasteiger partial charge in [0.1, 0.15) is 0 Å². The molecule has 0 radical (unpaired) electrons. The van der Waals surface area contributed by atoms with Crippen LogP contribution in [-0.2, 0) is 0 Å². The Hall–Kier alpha value is 0.